The van der Waals surface area contributed by atoms with Crippen molar-refractivity contribution < 1.29 is 0 Å². The fourth-order valence-electron chi connectivity index (χ4n) is 15.9. The maximum Gasteiger partial charge on any atom is 0.0728 e. The van der Waals surface area contributed by atoms with E-state index in [2.05, 4.69) is 338 Å². The van der Waals surface area contributed by atoms with Gasteiger partial charge in [0.15, 0.2) is 0 Å². The summed E-state index contributed by atoms with van der Waals surface area (Å²) in [5, 5.41) is 12.8. The lowest BCUT2D eigenvalue weighted by Gasteiger charge is -2.26. The molecule has 3 nitrogen and oxygen atoms in total. The lowest BCUT2D eigenvalue weighted by Crippen LogP contribution is -2.16. The molecule has 0 atom stereocenters. The number of hydrogen-bond donors (Lipinski definition) is 0. The third-order valence-corrected chi connectivity index (χ3v) is 22.7. The van der Waals surface area contributed by atoms with Crippen LogP contribution in [0.5, 0.6) is 0 Å². The van der Waals surface area contributed by atoms with Crippen molar-refractivity contribution in [1.82, 2.24) is 13.4 Å². The first-order valence-corrected chi connectivity index (χ1v) is 35.6. The Labute approximate surface area is 569 Å². The van der Waals surface area contributed by atoms with Crippen LogP contribution in [0, 0.1) is 0 Å². The van der Waals surface area contributed by atoms with E-state index in [4.69, 9.17) is 0 Å². The summed E-state index contributed by atoms with van der Waals surface area (Å²) < 4.78 is 10.5. The highest BCUT2D eigenvalue weighted by Crippen LogP contribution is 2.54. The molecule has 96 heavy (non-hydrogen) atoms. The molecule has 0 saturated heterocycles. The molecule has 6 heterocycles. The average molecular weight is 1270 g/mol. The number of rotatable bonds is 5. The van der Waals surface area contributed by atoms with Crippen molar-refractivity contribution >= 4 is 119 Å². The highest BCUT2D eigenvalue weighted by molar-refractivity contribution is 7.26. The molecule has 6 aromatic heterocycles. The summed E-state index contributed by atoms with van der Waals surface area (Å²) in [4.78, 5) is 0. The van der Waals surface area contributed by atoms with Gasteiger partial charge in [0.25, 0.3) is 0 Å². The number of nitrogens with zero attached hydrogens (tertiary/aromatic N) is 3. The number of fused-ring (bicyclic) bond motifs is 18. The lowest BCUT2D eigenvalue weighted by molar-refractivity contribution is 0.568. The summed E-state index contributed by atoms with van der Waals surface area (Å²) in [5.41, 5.74) is 28.8. The van der Waals surface area contributed by atoms with Crippen LogP contribution in [-0.4, -0.2) is 13.4 Å². The van der Waals surface area contributed by atoms with Crippen molar-refractivity contribution in [2.75, 3.05) is 0 Å². The van der Waals surface area contributed by atoms with Gasteiger partial charge >= 0.3 is 0 Å². The van der Waals surface area contributed by atoms with Crippen LogP contribution in [0.25, 0.3) is 158 Å². The summed E-state index contributed by atoms with van der Waals surface area (Å²) in [6, 6.07) is 79.0. The van der Waals surface area contributed by atoms with Crippen LogP contribution >= 0.6 is 11.3 Å². The smallest absolute Gasteiger partial charge is 0.0728 e. The molecule has 17 aromatic rings. The van der Waals surface area contributed by atoms with E-state index in [9.17, 15) is 0 Å². The molecule has 0 amide bonds. The Hall–Kier alpha value is -9.22. The molecular formula is C92H87N3S. The monoisotopic (exact) mass is 1270 g/mol. The predicted molar refractivity (Wildman–Crippen MR) is 419 cm³/mol. The summed E-state index contributed by atoms with van der Waals surface area (Å²) >= 11 is 1.95. The predicted octanol–water partition coefficient (Wildman–Crippen LogP) is 26.8. The standard InChI is InChI=1S/C92H87N3S/c1-87(2,3)59-36-53(37-60(49-59)88(4,5)6)56-43-69(52-32-34-77-70(42-52)66-28-22-24-30-76(66)93(77)65-26-20-19-21-27-65)81-72(45-56)73-46-57(54-38-61(89(7,8)9)50-62(39-54)90(10,11)12)47-74-80-78(94(81)82(73)74)35-33-67-71-44-58(55-40-63(91(13,14)15)51-64(41-55)92(16,17)18)48-75-83(71)95(84(67)80)85-68-29-23-25-31-79(68)96-86(75)85/h19-51H,1-18H3. The Bertz CT molecular complexity index is 6010. The Morgan fingerprint density at radius 1 is 0.250 bits per heavy atom. The van der Waals surface area contributed by atoms with E-state index in [1.165, 1.54) is 185 Å². The van der Waals surface area contributed by atoms with Gasteiger partial charge in [-0.05, 0) is 184 Å². The lowest BCUT2D eigenvalue weighted by atomic mass is 9.78. The van der Waals surface area contributed by atoms with Gasteiger partial charge in [-0.25, -0.2) is 0 Å². The molecule has 11 aromatic carbocycles. The van der Waals surface area contributed by atoms with Crippen LogP contribution in [0.15, 0.2) is 200 Å². The van der Waals surface area contributed by atoms with Crippen LogP contribution in [0.4, 0.5) is 0 Å². The maximum atomic E-state index is 2.72. The second kappa shape index (κ2) is 20.2. The van der Waals surface area contributed by atoms with E-state index in [1.54, 1.807) is 0 Å². The van der Waals surface area contributed by atoms with Gasteiger partial charge in [0.05, 0.1) is 48.8 Å². The fourth-order valence-corrected chi connectivity index (χ4v) is 17.1. The molecule has 476 valence electrons. The first kappa shape index (κ1) is 60.4. The second-order valence-electron chi connectivity index (χ2n) is 34.4. The fraction of sp³-hybridized carbons (Fsp3) is 0.261. The maximum absolute atomic E-state index is 2.72. The zero-order valence-corrected chi connectivity index (χ0v) is 60.1. The minimum atomic E-state index is -0.0758. The zero-order chi connectivity index (χ0) is 67.0. The molecule has 0 bridgehead atoms. The van der Waals surface area contributed by atoms with Crippen molar-refractivity contribution in [3.8, 4) is 50.2 Å². The van der Waals surface area contributed by atoms with Gasteiger partial charge < -0.3 is 13.4 Å². The molecule has 0 fully saturated rings. The molecule has 4 heteroatoms. The topological polar surface area (TPSA) is 13.8 Å². The van der Waals surface area contributed by atoms with Gasteiger partial charge in [-0.2, -0.15) is 0 Å². The molecule has 0 unspecified atom stereocenters. The van der Waals surface area contributed by atoms with Gasteiger partial charge in [-0.15, -0.1) is 11.3 Å². The van der Waals surface area contributed by atoms with Crippen LogP contribution < -0.4 is 0 Å². The molecule has 17 rings (SSSR count). The van der Waals surface area contributed by atoms with Gasteiger partial charge in [-0.3, -0.25) is 0 Å². The van der Waals surface area contributed by atoms with Gasteiger partial charge in [0.1, 0.15) is 0 Å². The Morgan fingerprint density at radius 3 is 1.20 bits per heavy atom. The number of para-hydroxylation sites is 2. The van der Waals surface area contributed by atoms with E-state index in [-0.39, 0.29) is 32.5 Å². The van der Waals surface area contributed by atoms with E-state index in [1.807, 2.05) is 11.3 Å². The van der Waals surface area contributed by atoms with Gasteiger partial charge in [-0.1, -0.05) is 246 Å². The average Bonchev–Trinajstić information content (AvgIpc) is 1.50. The summed E-state index contributed by atoms with van der Waals surface area (Å²) in [7, 11) is 0. The van der Waals surface area contributed by atoms with Crippen LogP contribution in [0.3, 0.4) is 0 Å². The highest BCUT2D eigenvalue weighted by atomic mass is 32.1. The Kier molecular flexibility index (Phi) is 12.7. The Balaban J connectivity index is 1.07. The molecule has 0 aliphatic carbocycles. The zero-order valence-electron chi connectivity index (χ0n) is 59.3. The first-order chi connectivity index (χ1) is 45.4. The van der Waals surface area contributed by atoms with Crippen molar-refractivity contribution in [3.63, 3.8) is 0 Å². The molecule has 0 spiro atoms. The molecule has 0 N–H and O–H groups in total. The van der Waals surface area contributed by atoms with Crippen molar-refractivity contribution in [2.24, 2.45) is 0 Å². The van der Waals surface area contributed by atoms with E-state index >= 15 is 0 Å². The summed E-state index contributed by atoms with van der Waals surface area (Å²) in [6.45, 7) is 42.5. The molecule has 0 aliphatic heterocycles. The van der Waals surface area contributed by atoms with Crippen molar-refractivity contribution in [1.29, 1.82) is 0 Å². The highest BCUT2D eigenvalue weighted by Gasteiger charge is 2.32. The van der Waals surface area contributed by atoms with Gasteiger partial charge in [0.2, 0.25) is 0 Å². The van der Waals surface area contributed by atoms with E-state index in [0.29, 0.717) is 0 Å². The van der Waals surface area contributed by atoms with Crippen molar-refractivity contribution in [3.05, 3.63) is 234 Å². The quantitative estimate of drug-likeness (QED) is 0.163. The minimum absolute atomic E-state index is 0.0286. The van der Waals surface area contributed by atoms with Crippen molar-refractivity contribution in [2.45, 2.75) is 157 Å². The number of aromatic nitrogens is 3. The summed E-state index contributed by atoms with van der Waals surface area (Å²) in [5.74, 6) is 0. The second-order valence-corrected chi connectivity index (χ2v) is 35.4. The van der Waals surface area contributed by atoms with E-state index in [0.717, 1.165) is 5.69 Å². The van der Waals surface area contributed by atoms with Crippen LogP contribution in [0.2, 0.25) is 0 Å². The minimum Gasteiger partial charge on any atom is -0.309 e. The third-order valence-electron chi connectivity index (χ3n) is 21.5. The summed E-state index contributed by atoms with van der Waals surface area (Å²) in [6.07, 6.45) is 0. The molecule has 0 aliphatic rings. The largest absolute Gasteiger partial charge is 0.309 e. The normalized spacial score (nSPS) is 13.5. The number of hydrogen-bond acceptors (Lipinski definition) is 1. The molecule has 0 saturated carbocycles. The number of thiophene rings is 1. The molecular weight excluding hydrogens is 1180 g/mol. The van der Waals surface area contributed by atoms with Crippen LogP contribution in [0.1, 0.15) is 158 Å². The Morgan fingerprint density at radius 2 is 0.656 bits per heavy atom. The third kappa shape index (κ3) is 9.17. The number of benzene rings is 11. The van der Waals surface area contributed by atoms with Crippen LogP contribution in [-0.2, 0) is 32.5 Å². The SMILES string of the molecule is CC(C)(C)c1cc(-c2cc(-c3ccc4c(c3)c3ccccc3n4-c3ccccc3)c3c(c2)c2cc(-c4cc(C(C)(C)C)cc(C(C)(C)C)c4)cc4c5c(ccc6c7cc(-c8cc(C(C)(C)C)cc(C(C)(C)C)c8)cc8c9sc%10ccccc%10c9n(c78)c65)n3c24)cc(C(C)(C)C)c1. The first-order valence-electron chi connectivity index (χ1n) is 34.8. The molecule has 0 radical (unpaired) electrons. The van der Waals surface area contributed by atoms with E-state index < -0.39 is 0 Å². The van der Waals surface area contributed by atoms with Gasteiger partial charge in [0, 0.05) is 69.8 Å².